The molecule has 4 atom stereocenters. The van der Waals surface area contributed by atoms with Crippen LogP contribution in [0.3, 0.4) is 0 Å². The molecule has 1 amide bonds. The summed E-state index contributed by atoms with van der Waals surface area (Å²) >= 11 is 13.0. The Morgan fingerprint density at radius 2 is 1.46 bits per heavy atom. The Balaban J connectivity index is 1.52. The quantitative estimate of drug-likeness (QED) is 0.114. The molecule has 0 spiro atoms. The number of likely N-dealkylation sites (tertiary alicyclic amines) is 1. The van der Waals surface area contributed by atoms with Crippen LogP contribution in [0.2, 0.25) is 15.1 Å². The van der Waals surface area contributed by atoms with Crippen LogP contribution in [0, 0.1) is 11.3 Å². The summed E-state index contributed by atoms with van der Waals surface area (Å²) in [6.07, 6.45) is 2.44. The van der Waals surface area contributed by atoms with E-state index in [1.807, 2.05) is 61.5 Å². The molecule has 6 rings (SSSR count). The van der Waals surface area contributed by atoms with Gasteiger partial charge in [0.1, 0.15) is 0 Å². The Hall–Kier alpha value is -3.42. The van der Waals surface area contributed by atoms with Crippen LogP contribution in [-0.4, -0.2) is 44.9 Å². The van der Waals surface area contributed by atoms with Crippen molar-refractivity contribution in [2.75, 3.05) is 13.7 Å². The Morgan fingerprint density at radius 1 is 0.860 bits per heavy atom. The number of amides is 1. The van der Waals surface area contributed by atoms with Crippen molar-refractivity contribution >= 4 is 53.8 Å². The van der Waals surface area contributed by atoms with Gasteiger partial charge in [-0.1, -0.05) is 136 Å². The fourth-order valence-corrected chi connectivity index (χ4v) is 13.1. The van der Waals surface area contributed by atoms with E-state index < -0.39 is 19.7 Å². The predicted octanol–water partition coefficient (Wildman–Crippen LogP) is 8.98. The molecule has 0 aromatic heterocycles. The lowest BCUT2D eigenvalue weighted by atomic mass is 9.67. The molecule has 4 aromatic rings. The number of hydrogen-bond acceptors (Lipinski definition) is 4. The highest BCUT2D eigenvalue weighted by molar-refractivity contribution is 6.99. The maximum absolute atomic E-state index is 15.3. The Bertz CT molecular complexity index is 1750. The minimum absolute atomic E-state index is 0.0177. The zero-order valence-corrected chi connectivity index (χ0v) is 32.1. The lowest BCUT2D eigenvalue weighted by Crippen LogP contribution is -2.68. The predicted molar refractivity (Wildman–Crippen MR) is 205 cm³/mol. The maximum atomic E-state index is 15.3. The molecule has 4 aromatic carbocycles. The molecule has 0 bridgehead atoms. The largest absolute Gasteiger partial charge is 0.469 e. The van der Waals surface area contributed by atoms with Gasteiger partial charge in [0.2, 0.25) is 5.91 Å². The fraction of sp³-hybridized carbons (Fsp3) is 0.381. The van der Waals surface area contributed by atoms with Crippen LogP contribution in [0.25, 0.3) is 0 Å². The summed E-state index contributed by atoms with van der Waals surface area (Å²) in [5, 5.41) is 3.42. The maximum Gasteiger partial charge on any atom is 0.306 e. The lowest BCUT2D eigenvalue weighted by Gasteiger charge is -2.53. The molecule has 1 saturated carbocycles. The SMILES string of the molecule is COC(=O)C[C@@]1(C)C[C@H](c2cccc(Cl)c2)[C@@H](c2ccc(Cl)cc2)N([C@H](CO[Si](c2ccccc2)(c2ccccc2)C(C)(C)C)C2CC2)C1=O. The van der Waals surface area contributed by atoms with Gasteiger partial charge in [-0.2, -0.15) is 0 Å². The zero-order chi connectivity index (χ0) is 35.7. The third-order valence-electron chi connectivity index (χ3n) is 10.8. The van der Waals surface area contributed by atoms with Crippen molar-refractivity contribution in [3.63, 3.8) is 0 Å². The summed E-state index contributed by atoms with van der Waals surface area (Å²) < 4.78 is 12.7. The molecule has 0 radical (unpaired) electrons. The minimum Gasteiger partial charge on any atom is -0.469 e. The molecule has 2 fully saturated rings. The molecule has 8 heteroatoms. The van der Waals surface area contributed by atoms with Crippen LogP contribution >= 0.6 is 23.2 Å². The van der Waals surface area contributed by atoms with Crippen LogP contribution in [-0.2, 0) is 18.8 Å². The third-order valence-corrected chi connectivity index (χ3v) is 16.3. The molecule has 1 aliphatic carbocycles. The first-order valence-electron chi connectivity index (χ1n) is 17.5. The van der Waals surface area contributed by atoms with Crippen LogP contribution in [0.5, 0.6) is 0 Å². The monoisotopic (exact) mass is 727 g/mol. The highest BCUT2D eigenvalue weighted by Gasteiger charge is 2.56. The van der Waals surface area contributed by atoms with Crippen LogP contribution in [0.4, 0.5) is 0 Å². The van der Waals surface area contributed by atoms with Gasteiger partial charge in [-0.05, 0) is 76.0 Å². The topological polar surface area (TPSA) is 55.8 Å². The number of halogens is 2. The van der Waals surface area contributed by atoms with Crippen molar-refractivity contribution in [2.24, 2.45) is 11.3 Å². The summed E-state index contributed by atoms with van der Waals surface area (Å²) in [5.74, 6) is -0.352. The van der Waals surface area contributed by atoms with Crippen molar-refractivity contribution in [2.45, 2.75) is 76.4 Å². The third kappa shape index (κ3) is 7.18. The lowest BCUT2D eigenvalue weighted by molar-refractivity contribution is -0.163. The zero-order valence-electron chi connectivity index (χ0n) is 29.6. The molecular formula is C42H47Cl2NO4Si. The van der Waals surface area contributed by atoms with Crippen molar-refractivity contribution in [3.05, 3.63) is 130 Å². The first-order chi connectivity index (χ1) is 23.9. The van der Waals surface area contributed by atoms with Gasteiger partial charge in [0.05, 0.1) is 37.6 Å². The summed E-state index contributed by atoms with van der Waals surface area (Å²) in [6, 6.07) is 36.4. The van der Waals surface area contributed by atoms with E-state index in [2.05, 4.69) is 80.3 Å². The number of methoxy groups -OCH3 is 1. The number of esters is 1. The van der Waals surface area contributed by atoms with Gasteiger partial charge in [0.25, 0.3) is 8.32 Å². The molecule has 0 N–H and O–H groups in total. The summed E-state index contributed by atoms with van der Waals surface area (Å²) in [4.78, 5) is 30.3. The number of benzene rings is 4. The van der Waals surface area contributed by atoms with Gasteiger partial charge in [0, 0.05) is 16.0 Å². The molecule has 5 nitrogen and oxygen atoms in total. The van der Waals surface area contributed by atoms with Gasteiger partial charge in [-0.3, -0.25) is 9.59 Å². The number of rotatable bonds is 11. The normalized spacial score (nSPS) is 21.9. The van der Waals surface area contributed by atoms with Crippen molar-refractivity contribution < 1.29 is 18.8 Å². The number of carbonyl (C=O) groups excluding carboxylic acids is 2. The van der Waals surface area contributed by atoms with Crippen LogP contribution in [0.15, 0.2) is 109 Å². The van der Waals surface area contributed by atoms with E-state index in [-0.39, 0.29) is 41.3 Å². The van der Waals surface area contributed by atoms with E-state index in [9.17, 15) is 4.79 Å². The standard InChI is InChI=1S/C42H47Cl2NO4Si/c1-41(2,3)50(34-15-8-6-9-16-34,35-17-10-7-11-18-35)49-28-37(29-19-20-29)45-39(30-21-23-32(43)24-22-30)36(31-13-12-14-33(44)25-31)26-42(4,40(45)47)27-38(46)48-5/h6-18,21-25,29,36-37,39H,19-20,26-28H2,1-5H3/t36-,37-,39-,42-/m1/s1. The second kappa shape index (κ2) is 14.7. The Morgan fingerprint density at radius 3 is 1.98 bits per heavy atom. The van der Waals surface area contributed by atoms with Gasteiger partial charge in [-0.25, -0.2) is 0 Å². The molecule has 262 valence electrons. The summed E-state index contributed by atoms with van der Waals surface area (Å²) in [7, 11) is -1.55. The smallest absolute Gasteiger partial charge is 0.306 e. The molecule has 50 heavy (non-hydrogen) atoms. The number of nitrogens with zero attached hydrogens (tertiary/aromatic N) is 1. The van der Waals surface area contributed by atoms with Crippen LogP contribution < -0.4 is 10.4 Å². The van der Waals surface area contributed by atoms with Gasteiger partial charge in [0.15, 0.2) is 0 Å². The van der Waals surface area contributed by atoms with E-state index in [4.69, 9.17) is 32.4 Å². The fourth-order valence-electron chi connectivity index (χ4n) is 8.20. The Kier molecular flexibility index (Phi) is 10.7. The first-order valence-corrected chi connectivity index (χ1v) is 20.2. The van der Waals surface area contributed by atoms with E-state index in [1.54, 1.807) is 0 Å². The Labute approximate surface area is 308 Å². The van der Waals surface area contributed by atoms with Crippen molar-refractivity contribution in [1.82, 2.24) is 4.90 Å². The van der Waals surface area contributed by atoms with E-state index >= 15 is 4.79 Å². The minimum atomic E-state index is -2.93. The van der Waals surface area contributed by atoms with E-state index in [0.29, 0.717) is 23.1 Å². The van der Waals surface area contributed by atoms with E-state index in [1.165, 1.54) is 17.5 Å². The highest BCUT2D eigenvalue weighted by atomic mass is 35.5. The molecule has 1 aliphatic heterocycles. The van der Waals surface area contributed by atoms with E-state index in [0.717, 1.165) is 24.0 Å². The average Bonchev–Trinajstić information content (AvgIpc) is 3.94. The highest BCUT2D eigenvalue weighted by Crippen LogP contribution is 2.54. The number of hydrogen-bond donors (Lipinski definition) is 0. The number of ether oxygens (including phenoxy) is 1. The number of carbonyl (C=O) groups is 2. The first kappa shape index (κ1) is 36.4. The van der Waals surface area contributed by atoms with Crippen molar-refractivity contribution in [1.29, 1.82) is 0 Å². The molecule has 2 aliphatic rings. The molecule has 1 heterocycles. The van der Waals surface area contributed by atoms with Gasteiger partial charge >= 0.3 is 5.97 Å². The molecule has 0 unspecified atom stereocenters. The second-order valence-corrected chi connectivity index (χ2v) is 20.4. The van der Waals surface area contributed by atoms with Crippen LogP contribution in [0.1, 0.15) is 76.5 Å². The second-order valence-electron chi connectivity index (χ2n) is 15.3. The van der Waals surface area contributed by atoms with Gasteiger partial charge in [-0.15, -0.1) is 0 Å². The molecular weight excluding hydrogens is 681 g/mol. The summed E-state index contributed by atoms with van der Waals surface area (Å²) in [6.45, 7) is 9.11. The molecule has 1 saturated heterocycles. The average molecular weight is 729 g/mol. The summed E-state index contributed by atoms with van der Waals surface area (Å²) in [5.41, 5.74) is 1.01. The van der Waals surface area contributed by atoms with Gasteiger partial charge < -0.3 is 14.1 Å². The van der Waals surface area contributed by atoms with Crippen molar-refractivity contribution in [3.8, 4) is 0 Å². The number of piperidine rings is 1.